The van der Waals surface area contributed by atoms with Crippen LogP contribution in [-0.2, 0) is 0 Å². The standard InChI is InChI=1S/C52H41B/c1-32(2)39-26-24-37-25-27-41-42(33(3)4)30-45-40-22-14-15-23-47(40)53(48-31-46(39)49(37)51(41)50(45)48)52-43(35-18-10-6-11-19-35)28-38(34-16-8-5-9-17-34)29-44(52)36-20-12-7-13-21-36/h5-33H,1-4H3. The van der Waals surface area contributed by atoms with Crippen molar-refractivity contribution >= 4 is 55.4 Å². The Morgan fingerprint density at radius 2 is 0.925 bits per heavy atom. The number of benzene rings is 9. The highest BCUT2D eigenvalue weighted by Crippen LogP contribution is 2.45. The molecule has 53 heavy (non-hydrogen) atoms. The van der Waals surface area contributed by atoms with Crippen LogP contribution in [0.4, 0.5) is 0 Å². The lowest BCUT2D eigenvalue weighted by molar-refractivity contribution is 0.876. The zero-order valence-corrected chi connectivity index (χ0v) is 30.8. The first-order valence-corrected chi connectivity index (χ1v) is 19.2. The van der Waals surface area contributed by atoms with Crippen LogP contribution in [0.15, 0.2) is 164 Å². The van der Waals surface area contributed by atoms with Crippen molar-refractivity contribution in [2.75, 3.05) is 0 Å². The fraction of sp³-hybridized carbons (Fsp3) is 0.115. The third-order valence-electron chi connectivity index (χ3n) is 11.8. The van der Waals surface area contributed by atoms with E-state index >= 15 is 0 Å². The molecule has 0 saturated carbocycles. The highest BCUT2D eigenvalue weighted by Gasteiger charge is 2.37. The molecule has 0 atom stereocenters. The Balaban J connectivity index is 1.43. The SMILES string of the molecule is CC(C)c1ccc2ccc3c(C(C)C)cc4c5c(cc1c2c35)B(c1c(-c2ccccc2)cc(-c2ccccc2)cc1-c1ccccc1)c1ccccc1-4. The van der Waals surface area contributed by atoms with Crippen molar-refractivity contribution in [2.24, 2.45) is 0 Å². The quantitative estimate of drug-likeness (QED) is 0.121. The molecule has 0 spiro atoms. The average Bonchev–Trinajstić information content (AvgIpc) is 3.20. The monoisotopic (exact) mass is 676 g/mol. The summed E-state index contributed by atoms with van der Waals surface area (Å²) in [5.41, 5.74) is 17.2. The van der Waals surface area contributed by atoms with Crippen molar-refractivity contribution in [3.8, 4) is 44.5 Å². The zero-order chi connectivity index (χ0) is 35.8. The summed E-state index contributed by atoms with van der Waals surface area (Å²) in [6.07, 6.45) is 0. The number of hydrogen-bond donors (Lipinski definition) is 0. The predicted octanol–water partition coefficient (Wildman–Crippen LogP) is 12.3. The topological polar surface area (TPSA) is 0 Å². The lowest BCUT2D eigenvalue weighted by atomic mass is 9.32. The molecule has 0 fully saturated rings. The average molecular weight is 677 g/mol. The fourth-order valence-corrected chi connectivity index (χ4v) is 9.45. The molecule has 0 bridgehead atoms. The summed E-state index contributed by atoms with van der Waals surface area (Å²) < 4.78 is 0. The van der Waals surface area contributed by atoms with Crippen molar-refractivity contribution in [1.29, 1.82) is 0 Å². The summed E-state index contributed by atoms with van der Waals surface area (Å²) in [6.45, 7) is 9.40. The largest absolute Gasteiger partial charge is 0.244 e. The van der Waals surface area contributed by atoms with Crippen molar-refractivity contribution in [3.63, 3.8) is 0 Å². The van der Waals surface area contributed by atoms with E-state index in [1.54, 1.807) is 0 Å². The van der Waals surface area contributed by atoms with Gasteiger partial charge in [0, 0.05) is 0 Å². The number of fused-ring (bicyclic) bond motifs is 2. The first-order chi connectivity index (χ1) is 26.0. The molecule has 0 radical (unpaired) electrons. The van der Waals surface area contributed by atoms with Crippen LogP contribution in [0.25, 0.3) is 76.8 Å². The zero-order valence-electron chi connectivity index (χ0n) is 30.8. The second-order valence-electron chi connectivity index (χ2n) is 15.6. The molecule has 0 nitrogen and oxygen atoms in total. The first kappa shape index (κ1) is 31.8. The molecule has 0 aliphatic carbocycles. The van der Waals surface area contributed by atoms with Gasteiger partial charge in [-0.15, -0.1) is 0 Å². The van der Waals surface area contributed by atoms with E-state index < -0.39 is 0 Å². The van der Waals surface area contributed by atoms with Crippen LogP contribution >= 0.6 is 0 Å². The lowest BCUT2D eigenvalue weighted by Gasteiger charge is -2.33. The van der Waals surface area contributed by atoms with Crippen LogP contribution in [0.5, 0.6) is 0 Å². The maximum atomic E-state index is 2.60. The molecule has 1 heteroatoms. The summed E-state index contributed by atoms with van der Waals surface area (Å²) in [7, 11) is 0. The normalized spacial score (nSPS) is 12.5. The first-order valence-electron chi connectivity index (χ1n) is 19.2. The van der Waals surface area contributed by atoms with E-state index in [-0.39, 0.29) is 6.71 Å². The highest BCUT2D eigenvalue weighted by molar-refractivity contribution is 7.00. The maximum Gasteiger partial charge on any atom is 0.244 e. The maximum absolute atomic E-state index is 2.60. The molecule has 0 aromatic heterocycles. The Morgan fingerprint density at radius 3 is 1.55 bits per heavy atom. The van der Waals surface area contributed by atoms with Gasteiger partial charge in [0.05, 0.1) is 0 Å². The molecule has 0 saturated heterocycles. The van der Waals surface area contributed by atoms with E-state index in [2.05, 4.69) is 191 Å². The van der Waals surface area contributed by atoms with Crippen molar-refractivity contribution in [1.82, 2.24) is 0 Å². The van der Waals surface area contributed by atoms with Crippen molar-refractivity contribution in [2.45, 2.75) is 39.5 Å². The molecule has 9 aromatic rings. The molecule has 252 valence electrons. The molecule has 0 amide bonds. The van der Waals surface area contributed by atoms with Crippen LogP contribution in [0.3, 0.4) is 0 Å². The summed E-state index contributed by atoms with van der Waals surface area (Å²) >= 11 is 0. The molecule has 0 unspecified atom stereocenters. The van der Waals surface area contributed by atoms with Gasteiger partial charge < -0.3 is 0 Å². The second kappa shape index (κ2) is 12.4. The fourth-order valence-electron chi connectivity index (χ4n) is 9.45. The molecule has 10 rings (SSSR count). The van der Waals surface area contributed by atoms with E-state index in [0.717, 1.165) is 0 Å². The minimum absolute atomic E-state index is 0.00524. The summed E-state index contributed by atoms with van der Waals surface area (Å²) in [6, 6.07) is 61.9. The van der Waals surface area contributed by atoms with E-state index in [0.29, 0.717) is 11.8 Å². The molecular formula is C52H41B. The smallest absolute Gasteiger partial charge is 0.0664 e. The van der Waals surface area contributed by atoms with Gasteiger partial charge in [0.2, 0.25) is 6.71 Å². The number of rotatable bonds is 6. The Bertz CT molecular complexity index is 2750. The van der Waals surface area contributed by atoms with Gasteiger partial charge in [-0.3, -0.25) is 0 Å². The highest BCUT2D eigenvalue weighted by atomic mass is 14.3. The second-order valence-corrected chi connectivity index (χ2v) is 15.6. The van der Waals surface area contributed by atoms with E-state index in [4.69, 9.17) is 0 Å². The predicted molar refractivity (Wildman–Crippen MR) is 231 cm³/mol. The number of hydrogen-bond acceptors (Lipinski definition) is 0. The van der Waals surface area contributed by atoms with Crippen LogP contribution in [0.2, 0.25) is 0 Å². The minimum Gasteiger partial charge on any atom is -0.0664 e. The van der Waals surface area contributed by atoms with Crippen LogP contribution in [0.1, 0.15) is 50.7 Å². The van der Waals surface area contributed by atoms with Gasteiger partial charge in [0.1, 0.15) is 0 Å². The molecule has 0 N–H and O–H groups in total. The molecule has 9 aromatic carbocycles. The van der Waals surface area contributed by atoms with Crippen molar-refractivity contribution < 1.29 is 0 Å². The van der Waals surface area contributed by atoms with E-state index in [9.17, 15) is 0 Å². The van der Waals surface area contributed by atoms with Gasteiger partial charge in [-0.05, 0) is 118 Å². The Labute approximate surface area is 313 Å². The summed E-state index contributed by atoms with van der Waals surface area (Å²) in [5, 5.41) is 8.38. The third kappa shape index (κ3) is 4.91. The summed E-state index contributed by atoms with van der Waals surface area (Å²) in [5.74, 6) is 0.795. The van der Waals surface area contributed by atoms with Gasteiger partial charge >= 0.3 is 0 Å². The third-order valence-corrected chi connectivity index (χ3v) is 11.8. The van der Waals surface area contributed by atoms with Crippen LogP contribution in [0, 0.1) is 0 Å². The lowest BCUT2D eigenvalue weighted by Crippen LogP contribution is -2.56. The van der Waals surface area contributed by atoms with Crippen molar-refractivity contribution in [3.05, 3.63) is 175 Å². The van der Waals surface area contributed by atoms with Gasteiger partial charge in [0.15, 0.2) is 0 Å². The van der Waals surface area contributed by atoms with Gasteiger partial charge in [-0.1, -0.05) is 190 Å². The Kier molecular flexibility index (Phi) is 7.41. The Morgan fingerprint density at radius 1 is 0.358 bits per heavy atom. The van der Waals surface area contributed by atoms with Crippen LogP contribution in [-0.4, -0.2) is 6.71 Å². The Hall–Kier alpha value is -5.92. The molecule has 1 aliphatic heterocycles. The van der Waals surface area contributed by atoms with E-state index in [1.165, 1.54) is 104 Å². The van der Waals surface area contributed by atoms with E-state index in [1.807, 2.05) is 0 Å². The summed E-state index contributed by atoms with van der Waals surface area (Å²) in [4.78, 5) is 0. The molecule has 1 aliphatic rings. The van der Waals surface area contributed by atoms with Crippen LogP contribution < -0.4 is 16.4 Å². The van der Waals surface area contributed by atoms with Gasteiger partial charge in [0.25, 0.3) is 0 Å². The van der Waals surface area contributed by atoms with Gasteiger partial charge in [-0.2, -0.15) is 0 Å². The minimum atomic E-state index is 0.00524. The molecular weight excluding hydrogens is 635 g/mol. The molecule has 1 heterocycles. The van der Waals surface area contributed by atoms with Gasteiger partial charge in [-0.25, -0.2) is 0 Å².